The molecule has 0 aromatic heterocycles. The summed E-state index contributed by atoms with van der Waals surface area (Å²) in [6.07, 6.45) is 0. The Bertz CT molecular complexity index is 497. The van der Waals surface area contributed by atoms with Gasteiger partial charge in [0.05, 0.1) is 16.7 Å². The standard InChI is InChI=1S/C11H15Cl2NO3S/c1-8(2)14(6-7-15)18(16,17)11-9(12)4-3-5-10(11)13/h3-5,8,15H,6-7H2,1-2H3. The lowest BCUT2D eigenvalue weighted by Crippen LogP contribution is -2.39. The van der Waals surface area contributed by atoms with Crippen molar-refractivity contribution in [2.45, 2.75) is 24.8 Å². The van der Waals surface area contributed by atoms with Crippen LogP contribution >= 0.6 is 23.2 Å². The van der Waals surface area contributed by atoms with E-state index in [4.69, 9.17) is 28.3 Å². The summed E-state index contributed by atoms with van der Waals surface area (Å²) in [5.41, 5.74) is 0. The molecule has 0 aliphatic carbocycles. The SMILES string of the molecule is CC(C)N(CCO)S(=O)(=O)c1c(Cl)cccc1Cl. The number of halogens is 2. The number of hydrogen-bond donors (Lipinski definition) is 1. The van der Waals surface area contributed by atoms with Gasteiger partial charge in [-0.05, 0) is 26.0 Å². The predicted octanol–water partition coefficient (Wildman–Crippen LogP) is 2.38. The minimum atomic E-state index is -3.81. The molecule has 0 amide bonds. The largest absolute Gasteiger partial charge is 0.395 e. The molecule has 1 aromatic carbocycles. The van der Waals surface area contributed by atoms with Crippen LogP contribution in [0, 0.1) is 0 Å². The van der Waals surface area contributed by atoms with Crippen LogP contribution in [-0.2, 0) is 10.0 Å². The molecule has 0 bridgehead atoms. The maximum absolute atomic E-state index is 12.5. The van der Waals surface area contributed by atoms with Crippen molar-refractivity contribution in [1.82, 2.24) is 4.31 Å². The fraction of sp³-hybridized carbons (Fsp3) is 0.455. The third-order valence-corrected chi connectivity index (χ3v) is 5.41. The molecule has 0 saturated carbocycles. The molecular weight excluding hydrogens is 297 g/mol. The first kappa shape index (κ1) is 15.7. The van der Waals surface area contributed by atoms with Crippen LogP contribution in [0.3, 0.4) is 0 Å². The molecule has 0 unspecified atom stereocenters. The van der Waals surface area contributed by atoms with Gasteiger partial charge in [0.15, 0.2) is 0 Å². The van der Waals surface area contributed by atoms with Crippen molar-refractivity contribution in [3.8, 4) is 0 Å². The summed E-state index contributed by atoms with van der Waals surface area (Å²) in [5, 5.41) is 9.11. The van der Waals surface area contributed by atoms with E-state index >= 15 is 0 Å². The zero-order valence-corrected chi connectivity index (χ0v) is 12.4. The van der Waals surface area contributed by atoms with Crippen molar-refractivity contribution in [3.05, 3.63) is 28.2 Å². The fourth-order valence-corrected chi connectivity index (χ4v) is 4.32. The van der Waals surface area contributed by atoms with E-state index in [0.29, 0.717) is 0 Å². The molecule has 0 radical (unpaired) electrons. The summed E-state index contributed by atoms with van der Waals surface area (Å²) in [4.78, 5) is -0.115. The Morgan fingerprint density at radius 3 is 2.17 bits per heavy atom. The van der Waals surface area contributed by atoms with Crippen molar-refractivity contribution < 1.29 is 13.5 Å². The zero-order valence-electron chi connectivity index (χ0n) is 10.1. The van der Waals surface area contributed by atoms with Gasteiger partial charge in [0, 0.05) is 12.6 Å². The smallest absolute Gasteiger partial charge is 0.246 e. The fourth-order valence-electron chi connectivity index (χ4n) is 1.60. The average molecular weight is 312 g/mol. The number of nitrogens with zero attached hydrogens (tertiary/aromatic N) is 1. The van der Waals surface area contributed by atoms with E-state index in [0.717, 1.165) is 0 Å². The van der Waals surface area contributed by atoms with Crippen LogP contribution in [0.2, 0.25) is 10.0 Å². The van der Waals surface area contributed by atoms with E-state index in [9.17, 15) is 8.42 Å². The molecule has 0 heterocycles. The van der Waals surface area contributed by atoms with Crippen LogP contribution in [0.25, 0.3) is 0 Å². The summed E-state index contributed by atoms with van der Waals surface area (Å²) in [6.45, 7) is 3.18. The van der Waals surface area contributed by atoms with Crippen LogP contribution < -0.4 is 0 Å². The molecular formula is C11H15Cl2NO3S. The van der Waals surface area contributed by atoms with Crippen molar-refractivity contribution in [1.29, 1.82) is 0 Å². The normalized spacial score (nSPS) is 12.4. The highest BCUT2D eigenvalue weighted by atomic mass is 35.5. The Morgan fingerprint density at radius 2 is 1.78 bits per heavy atom. The maximum Gasteiger partial charge on any atom is 0.246 e. The van der Waals surface area contributed by atoms with Crippen LogP contribution in [0.1, 0.15) is 13.8 Å². The highest BCUT2D eigenvalue weighted by Crippen LogP contribution is 2.32. The summed E-state index contributed by atoms with van der Waals surface area (Å²) in [5.74, 6) is 0. The second-order valence-electron chi connectivity index (χ2n) is 3.98. The molecule has 0 atom stereocenters. The minimum Gasteiger partial charge on any atom is -0.395 e. The van der Waals surface area contributed by atoms with Crippen LogP contribution in [-0.4, -0.2) is 37.0 Å². The molecule has 0 spiro atoms. The molecule has 18 heavy (non-hydrogen) atoms. The van der Waals surface area contributed by atoms with Crippen LogP contribution in [0.4, 0.5) is 0 Å². The van der Waals surface area contributed by atoms with Gasteiger partial charge < -0.3 is 5.11 Å². The molecule has 0 fully saturated rings. The third-order valence-electron chi connectivity index (χ3n) is 2.38. The van der Waals surface area contributed by atoms with E-state index in [1.165, 1.54) is 16.4 Å². The van der Waals surface area contributed by atoms with Crippen molar-refractivity contribution >= 4 is 33.2 Å². The molecule has 0 aliphatic heterocycles. The lowest BCUT2D eigenvalue weighted by Gasteiger charge is -2.25. The Morgan fingerprint density at radius 1 is 1.28 bits per heavy atom. The summed E-state index contributed by atoms with van der Waals surface area (Å²) >= 11 is 11.8. The van der Waals surface area contributed by atoms with Crippen LogP contribution in [0.5, 0.6) is 0 Å². The van der Waals surface area contributed by atoms with Crippen molar-refractivity contribution in [2.24, 2.45) is 0 Å². The van der Waals surface area contributed by atoms with Crippen molar-refractivity contribution in [3.63, 3.8) is 0 Å². The van der Waals surface area contributed by atoms with Gasteiger partial charge in [0.1, 0.15) is 4.90 Å². The maximum atomic E-state index is 12.5. The second kappa shape index (κ2) is 6.21. The number of hydrogen-bond acceptors (Lipinski definition) is 3. The van der Waals surface area contributed by atoms with Gasteiger partial charge in [-0.2, -0.15) is 4.31 Å². The van der Waals surface area contributed by atoms with Gasteiger partial charge in [-0.1, -0.05) is 29.3 Å². The Hall–Kier alpha value is -0.330. The van der Waals surface area contributed by atoms with Crippen LogP contribution in [0.15, 0.2) is 23.1 Å². The van der Waals surface area contributed by atoms with Gasteiger partial charge in [0.2, 0.25) is 10.0 Å². The van der Waals surface area contributed by atoms with Gasteiger partial charge in [-0.25, -0.2) is 8.42 Å². The van der Waals surface area contributed by atoms with E-state index in [1.807, 2.05) is 0 Å². The molecule has 7 heteroatoms. The van der Waals surface area contributed by atoms with E-state index in [1.54, 1.807) is 19.9 Å². The molecule has 102 valence electrons. The van der Waals surface area contributed by atoms with Crippen molar-refractivity contribution in [2.75, 3.05) is 13.2 Å². The highest BCUT2D eigenvalue weighted by molar-refractivity contribution is 7.89. The number of benzene rings is 1. The van der Waals surface area contributed by atoms with E-state index in [2.05, 4.69) is 0 Å². The van der Waals surface area contributed by atoms with E-state index in [-0.39, 0.29) is 34.1 Å². The molecule has 0 saturated heterocycles. The molecule has 1 rings (SSSR count). The Labute approximate surface area is 117 Å². The van der Waals surface area contributed by atoms with Gasteiger partial charge >= 0.3 is 0 Å². The monoisotopic (exact) mass is 311 g/mol. The average Bonchev–Trinajstić information content (AvgIpc) is 2.24. The lowest BCUT2D eigenvalue weighted by atomic mass is 10.4. The number of sulfonamides is 1. The molecule has 1 aromatic rings. The molecule has 1 N–H and O–H groups in total. The molecule has 0 aliphatic rings. The van der Waals surface area contributed by atoms with Gasteiger partial charge in [0.25, 0.3) is 0 Å². The Balaban J connectivity index is 3.36. The highest BCUT2D eigenvalue weighted by Gasteiger charge is 2.30. The number of aliphatic hydroxyl groups is 1. The lowest BCUT2D eigenvalue weighted by molar-refractivity contribution is 0.236. The summed E-state index contributed by atoms with van der Waals surface area (Å²) in [7, 11) is -3.81. The minimum absolute atomic E-state index is 0.00154. The quantitative estimate of drug-likeness (QED) is 0.908. The second-order valence-corrected chi connectivity index (χ2v) is 6.63. The van der Waals surface area contributed by atoms with E-state index < -0.39 is 10.0 Å². The molecule has 4 nitrogen and oxygen atoms in total. The predicted molar refractivity (Wildman–Crippen MR) is 72.6 cm³/mol. The summed E-state index contributed by atoms with van der Waals surface area (Å²) < 4.78 is 26.1. The third kappa shape index (κ3) is 3.16. The number of rotatable bonds is 5. The summed E-state index contributed by atoms with van der Waals surface area (Å²) in [6, 6.07) is 4.22. The first-order valence-corrected chi connectivity index (χ1v) is 7.58. The first-order valence-electron chi connectivity index (χ1n) is 5.39. The number of aliphatic hydroxyl groups excluding tert-OH is 1. The van der Waals surface area contributed by atoms with Gasteiger partial charge in [-0.3, -0.25) is 0 Å². The zero-order chi connectivity index (χ0) is 13.9. The topological polar surface area (TPSA) is 57.6 Å². The Kier molecular flexibility index (Phi) is 5.43. The van der Waals surface area contributed by atoms with Gasteiger partial charge in [-0.15, -0.1) is 0 Å². The first-order chi connectivity index (χ1) is 8.32.